The fourth-order valence-corrected chi connectivity index (χ4v) is 1.76. The van der Waals surface area contributed by atoms with Gasteiger partial charge in [-0.15, -0.1) is 11.8 Å². The molecule has 13 heavy (non-hydrogen) atoms. The van der Waals surface area contributed by atoms with E-state index in [4.69, 9.17) is 9.84 Å². The van der Waals surface area contributed by atoms with Crippen LogP contribution in [0.1, 0.15) is 6.42 Å². The number of aliphatic hydroxyl groups is 1. The maximum Gasteiger partial charge on any atom is 0.118 e. The summed E-state index contributed by atoms with van der Waals surface area (Å²) in [7, 11) is 1.66. The Morgan fingerprint density at radius 2 is 2.00 bits per heavy atom. The minimum atomic E-state index is 0.267. The van der Waals surface area contributed by atoms with Gasteiger partial charge in [-0.1, -0.05) is 0 Å². The smallest absolute Gasteiger partial charge is 0.118 e. The van der Waals surface area contributed by atoms with E-state index in [1.54, 1.807) is 18.9 Å². The van der Waals surface area contributed by atoms with E-state index in [-0.39, 0.29) is 6.61 Å². The molecule has 0 amide bonds. The quantitative estimate of drug-likeness (QED) is 0.581. The fraction of sp³-hybridized carbons (Fsp3) is 0.400. The van der Waals surface area contributed by atoms with Crippen LogP contribution in [-0.4, -0.2) is 24.6 Å². The number of rotatable bonds is 5. The Kier molecular flexibility index (Phi) is 4.72. The van der Waals surface area contributed by atoms with Crippen LogP contribution >= 0.6 is 11.8 Å². The average Bonchev–Trinajstić information content (AvgIpc) is 2.19. The molecule has 0 fully saturated rings. The van der Waals surface area contributed by atoms with Gasteiger partial charge >= 0.3 is 0 Å². The second-order valence-corrected chi connectivity index (χ2v) is 3.77. The molecule has 0 atom stereocenters. The van der Waals surface area contributed by atoms with Gasteiger partial charge in [-0.05, 0) is 30.7 Å². The van der Waals surface area contributed by atoms with Crippen LogP contribution in [0.25, 0.3) is 0 Å². The second kappa shape index (κ2) is 5.89. The van der Waals surface area contributed by atoms with E-state index in [2.05, 4.69) is 0 Å². The van der Waals surface area contributed by atoms with E-state index >= 15 is 0 Å². The topological polar surface area (TPSA) is 29.5 Å². The lowest BCUT2D eigenvalue weighted by Crippen LogP contribution is -1.85. The Labute approximate surface area is 82.9 Å². The first-order valence-electron chi connectivity index (χ1n) is 4.24. The normalized spacial score (nSPS) is 10.0. The third-order valence-corrected chi connectivity index (χ3v) is 2.73. The van der Waals surface area contributed by atoms with Gasteiger partial charge in [0.1, 0.15) is 5.75 Å². The van der Waals surface area contributed by atoms with E-state index in [0.29, 0.717) is 0 Å². The summed E-state index contributed by atoms with van der Waals surface area (Å²) in [6.07, 6.45) is 0.844. The largest absolute Gasteiger partial charge is 0.497 e. The highest BCUT2D eigenvalue weighted by molar-refractivity contribution is 7.99. The van der Waals surface area contributed by atoms with Gasteiger partial charge in [0.25, 0.3) is 0 Å². The summed E-state index contributed by atoms with van der Waals surface area (Å²) in [5.41, 5.74) is 0. The molecule has 0 radical (unpaired) electrons. The molecule has 2 nitrogen and oxygen atoms in total. The van der Waals surface area contributed by atoms with Gasteiger partial charge in [0.15, 0.2) is 0 Å². The van der Waals surface area contributed by atoms with Gasteiger partial charge in [-0.2, -0.15) is 0 Å². The molecule has 0 unspecified atom stereocenters. The maximum atomic E-state index is 8.59. The highest BCUT2D eigenvalue weighted by Crippen LogP contribution is 2.21. The zero-order valence-corrected chi connectivity index (χ0v) is 8.51. The van der Waals surface area contributed by atoms with Crippen LogP contribution < -0.4 is 4.74 Å². The van der Waals surface area contributed by atoms with Crippen molar-refractivity contribution in [3.63, 3.8) is 0 Å². The van der Waals surface area contributed by atoms with Crippen molar-refractivity contribution in [3.8, 4) is 5.75 Å². The van der Waals surface area contributed by atoms with Gasteiger partial charge in [0.05, 0.1) is 7.11 Å². The van der Waals surface area contributed by atoms with Crippen LogP contribution in [0.3, 0.4) is 0 Å². The van der Waals surface area contributed by atoms with Gasteiger partial charge in [0, 0.05) is 17.3 Å². The minimum Gasteiger partial charge on any atom is -0.497 e. The number of benzene rings is 1. The predicted molar refractivity (Wildman–Crippen MR) is 55.4 cm³/mol. The maximum absolute atomic E-state index is 8.59. The van der Waals surface area contributed by atoms with E-state index in [1.807, 2.05) is 24.3 Å². The Bertz CT molecular complexity index is 233. The lowest BCUT2D eigenvalue weighted by atomic mass is 10.3. The molecule has 0 heterocycles. The van der Waals surface area contributed by atoms with Crippen LogP contribution in [0.2, 0.25) is 0 Å². The van der Waals surface area contributed by atoms with Crippen molar-refractivity contribution >= 4 is 11.8 Å². The zero-order valence-electron chi connectivity index (χ0n) is 7.69. The first kappa shape index (κ1) is 10.4. The number of hydrogen-bond acceptors (Lipinski definition) is 3. The van der Waals surface area contributed by atoms with E-state index < -0.39 is 0 Å². The van der Waals surface area contributed by atoms with Crippen molar-refractivity contribution in [2.75, 3.05) is 19.5 Å². The first-order chi connectivity index (χ1) is 6.36. The number of methoxy groups -OCH3 is 1. The number of hydrogen-bond donors (Lipinski definition) is 1. The zero-order chi connectivity index (χ0) is 9.52. The molecule has 3 heteroatoms. The molecule has 0 aliphatic rings. The van der Waals surface area contributed by atoms with E-state index in [9.17, 15) is 0 Å². The lowest BCUT2D eigenvalue weighted by Gasteiger charge is -2.02. The third kappa shape index (κ3) is 3.70. The second-order valence-electron chi connectivity index (χ2n) is 2.60. The molecule has 0 saturated carbocycles. The number of ether oxygens (including phenoxy) is 1. The Morgan fingerprint density at radius 3 is 2.54 bits per heavy atom. The molecule has 1 aromatic carbocycles. The van der Waals surface area contributed by atoms with Crippen molar-refractivity contribution in [2.24, 2.45) is 0 Å². The molecule has 0 aromatic heterocycles. The summed E-state index contributed by atoms with van der Waals surface area (Å²) in [5, 5.41) is 8.59. The highest BCUT2D eigenvalue weighted by atomic mass is 32.2. The van der Waals surface area contributed by atoms with Gasteiger partial charge in [-0.3, -0.25) is 0 Å². The molecule has 0 bridgehead atoms. The SMILES string of the molecule is COc1ccc(SCCCO)cc1. The van der Waals surface area contributed by atoms with Crippen LogP contribution in [0, 0.1) is 0 Å². The minimum absolute atomic E-state index is 0.267. The summed E-state index contributed by atoms with van der Waals surface area (Å²) in [4.78, 5) is 1.22. The summed E-state index contributed by atoms with van der Waals surface area (Å²) in [6.45, 7) is 0.267. The van der Waals surface area contributed by atoms with Crippen molar-refractivity contribution in [2.45, 2.75) is 11.3 Å². The Hall–Kier alpha value is -0.670. The summed E-state index contributed by atoms with van der Waals surface area (Å²) in [5.74, 6) is 1.84. The Balaban J connectivity index is 2.40. The van der Waals surface area contributed by atoms with Crippen LogP contribution in [0.4, 0.5) is 0 Å². The van der Waals surface area contributed by atoms with Crippen molar-refractivity contribution in [3.05, 3.63) is 24.3 Å². The molecule has 72 valence electrons. The molecular formula is C10H14O2S. The molecule has 1 aromatic rings. The Morgan fingerprint density at radius 1 is 1.31 bits per heavy atom. The van der Waals surface area contributed by atoms with Crippen LogP contribution in [0.15, 0.2) is 29.2 Å². The molecule has 1 rings (SSSR count). The fourth-order valence-electron chi connectivity index (χ4n) is 0.927. The summed E-state index contributed by atoms with van der Waals surface area (Å²) < 4.78 is 5.05. The summed E-state index contributed by atoms with van der Waals surface area (Å²) >= 11 is 1.75. The van der Waals surface area contributed by atoms with Gasteiger partial charge in [0.2, 0.25) is 0 Å². The molecular weight excluding hydrogens is 184 g/mol. The van der Waals surface area contributed by atoms with Gasteiger partial charge in [-0.25, -0.2) is 0 Å². The molecule has 0 aliphatic carbocycles. The standard InChI is InChI=1S/C10H14O2S/c1-12-9-3-5-10(6-4-9)13-8-2-7-11/h3-6,11H,2,7-8H2,1H3. The van der Waals surface area contributed by atoms with Crippen molar-refractivity contribution in [1.29, 1.82) is 0 Å². The molecule has 0 saturated heterocycles. The number of thioether (sulfide) groups is 1. The number of aliphatic hydroxyl groups excluding tert-OH is 1. The lowest BCUT2D eigenvalue weighted by molar-refractivity contribution is 0.296. The van der Waals surface area contributed by atoms with Crippen LogP contribution in [-0.2, 0) is 0 Å². The molecule has 0 spiro atoms. The average molecular weight is 198 g/mol. The highest BCUT2D eigenvalue weighted by Gasteiger charge is 1.94. The summed E-state index contributed by atoms with van der Waals surface area (Å²) in [6, 6.07) is 7.95. The van der Waals surface area contributed by atoms with Gasteiger partial charge < -0.3 is 9.84 Å². The van der Waals surface area contributed by atoms with Crippen molar-refractivity contribution in [1.82, 2.24) is 0 Å². The van der Waals surface area contributed by atoms with E-state index in [0.717, 1.165) is 17.9 Å². The predicted octanol–water partition coefficient (Wildman–Crippen LogP) is 2.17. The van der Waals surface area contributed by atoms with E-state index in [1.165, 1.54) is 4.90 Å². The van der Waals surface area contributed by atoms with Crippen molar-refractivity contribution < 1.29 is 9.84 Å². The molecule has 1 N–H and O–H groups in total. The first-order valence-corrected chi connectivity index (χ1v) is 5.23. The third-order valence-electron chi connectivity index (χ3n) is 1.63. The monoisotopic (exact) mass is 198 g/mol. The van der Waals surface area contributed by atoms with Crippen LogP contribution in [0.5, 0.6) is 5.75 Å². The molecule has 0 aliphatic heterocycles.